The van der Waals surface area contributed by atoms with Gasteiger partial charge in [0.25, 0.3) is 0 Å². The number of benzene rings is 2. The molecule has 0 spiro atoms. The van der Waals surface area contributed by atoms with Gasteiger partial charge in [0.1, 0.15) is 0 Å². The fraction of sp³-hybridized carbons (Fsp3) is 0.278. The average Bonchev–Trinajstić information content (AvgIpc) is 3.06. The zero-order valence-corrected chi connectivity index (χ0v) is 12.8. The summed E-state index contributed by atoms with van der Waals surface area (Å²) < 4.78 is 0. The van der Waals surface area contributed by atoms with E-state index in [4.69, 9.17) is 0 Å². The Bertz CT molecular complexity index is 687. The lowest BCUT2D eigenvalue weighted by Gasteiger charge is -2.25. The molecule has 0 radical (unpaired) electrons. The van der Waals surface area contributed by atoms with E-state index in [0.717, 1.165) is 18.5 Å². The number of hydrogen-bond donors (Lipinski definition) is 0. The van der Waals surface area contributed by atoms with Crippen molar-refractivity contribution in [2.24, 2.45) is 0 Å². The summed E-state index contributed by atoms with van der Waals surface area (Å²) in [4.78, 5) is 16.3. The van der Waals surface area contributed by atoms with Crippen LogP contribution in [0.1, 0.15) is 18.1 Å². The van der Waals surface area contributed by atoms with Crippen LogP contribution < -0.4 is 4.90 Å². The second-order valence-corrected chi connectivity index (χ2v) is 7.05. The number of para-hydroxylation sites is 1. The van der Waals surface area contributed by atoms with Gasteiger partial charge in [0.05, 0.1) is 5.25 Å². The molecule has 0 fully saturated rings. The Balaban J connectivity index is 1.62. The van der Waals surface area contributed by atoms with Crippen LogP contribution in [0.25, 0.3) is 0 Å². The fourth-order valence-corrected chi connectivity index (χ4v) is 4.62. The lowest BCUT2D eigenvalue weighted by molar-refractivity contribution is -0.118. The van der Waals surface area contributed by atoms with Crippen molar-refractivity contribution in [2.45, 2.75) is 36.0 Å². The maximum absolute atomic E-state index is 13.0. The minimum atomic E-state index is 0.0241. The average molecular weight is 295 g/mol. The van der Waals surface area contributed by atoms with Gasteiger partial charge < -0.3 is 4.90 Å². The summed E-state index contributed by atoms with van der Waals surface area (Å²) in [6.07, 6.45) is 1.82. The predicted octanol–water partition coefficient (Wildman–Crippen LogP) is 3.68. The van der Waals surface area contributed by atoms with Crippen molar-refractivity contribution in [3.63, 3.8) is 0 Å². The van der Waals surface area contributed by atoms with Crippen LogP contribution in [-0.2, 0) is 17.6 Å². The molecular formula is C18H17NOS. The molecule has 2 nitrogen and oxygen atoms in total. The van der Waals surface area contributed by atoms with Gasteiger partial charge in [-0.05, 0) is 43.0 Å². The van der Waals surface area contributed by atoms with Crippen LogP contribution in [0.15, 0.2) is 53.4 Å². The Morgan fingerprint density at radius 1 is 1.05 bits per heavy atom. The molecule has 4 rings (SSSR count). The Kier molecular flexibility index (Phi) is 3.03. The molecule has 2 atom stereocenters. The molecule has 0 N–H and O–H groups in total. The number of fused-ring (bicyclic) bond motifs is 2. The van der Waals surface area contributed by atoms with Gasteiger partial charge in [-0.1, -0.05) is 36.4 Å². The van der Waals surface area contributed by atoms with Gasteiger partial charge in [-0.25, -0.2) is 0 Å². The molecule has 2 aliphatic rings. The SMILES string of the molecule is CC1Cc2ccccc2N1C(=O)C1Cc2ccccc2S1. The third kappa shape index (κ3) is 2.07. The topological polar surface area (TPSA) is 20.3 Å². The lowest BCUT2D eigenvalue weighted by Crippen LogP contribution is -2.41. The number of hydrogen-bond acceptors (Lipinski definition) is 2. The first-order valence-corrected chi connectivity index (χ1v) is 8.27. The Labute approximate surface area is 129 Å². The summed E-state index contributed by atoms with van der Waals surface area (Å²) >= 11 is 1.72. The number of carbonyl (C=O) groups excluding carboxylic acids is 1. The Morgan fingerprint density at radius 2 is 1.76 bits per heavy atom. The number of nitrogens with zero attached hydrogens (tertiary/aromatic N) is 1. The monoisotopic (exact) mass is 295 g/mol. The minimum Gasteiger partial charge on any atom is -0.308 e. The quantitative estimate of drug-likeness (QED) is 0.800. The van der Waals surface area contributed by atoms with Crippen LogP contribution in [0.4, 0.5) is 5.69 Å². The summed E-state index contributed by atoms with van der Waals surface area (Å²) in [7, 11) is 0. The zero-order chi connectivity index (χ0) is 14.4. The summed E-state index contributed by atoms with van der Waals surface area (Å²) in [6, 6.07) is 16.9. The van der Waals surface area contributed by atoms with Crippen LogP contribution in [0.3, 0.4) is 0 Å². The first kappa shape index (κ1) is 13.0. The molecule has 2 aromatic carbocycles. The van der Waals surface area contributed by atoms with Gasteiger partial charge >= 0.3 is 0 Å². The molecule has 106 valence electrons. The Morgan fingerprint density at radius 3 is 2.57 bits per heavy atom. The van der Waals surface area contributed by atoms with E-state index in [1.165, 1.54) is 16.0 Å². The van der Waals surface area contributed by atoms with E-state index >= 15 is 0 Å². The second-order valence-electron chi connectivity index (χ2n) is 5.81. The molecule has 21 heavy (non-hydrogen) atoms. The molecule has 0 saturated carbocycles. The standard InChI is InChI=1S/C18H17NOS/c1-12-10-13-6-2-4-8-15(13)19(12)18(20)17-11-14-7-3-5-9-16(14)21-17/h2-9,12,17H,10-11H2,1H3. The molecule has 0 bridgehead atoms. The van der Waals surface area contributed by atoms with E-state index < -0.39 is 0 Å². The van der Waals surface area contributed by atoms with E-state index in [1.807, 2.05) is 17.0 Å². The van der Waals surface area contributed by atoms with Crippen molar-refractivity contribution in [1.29, 1.82) is 0 Å². The van der Waals surface area contributed by atoms with Crippen molar-refractivity contribution < 1.29 is 4.79 Å². The lowest BCUT2D eigenvalue weighted by atomic mass is 10.1. The molecule has 2 aliphatic heterocycles. The molecule has 2 aromatic rings. The highest BCUT2D eigenvalue weighted by Crippen LogP contribution is 2.40. The van der Waals surface area contributed by atoms with Crippen molar-refractivity contribution in [3.8, 4) is 0 Å². The molecular weight excluding hydrogens is 278 g/mol. The molecule has 2 unspecified atom stereocenters. The molecule has 0 aliphatic carbocycles. The molecule has 3 heteroatoms. The van der Waals surface area contributed by atoms with Crippen LogP contribution in [0.5, 0.6) is 0 Å². The van der Waals surface area contributed by atoms with Crippen molar-refractivity contribution in [3.05, 3.63) is 59.7 Å². The third-order valence-corrected chi connectivity index (χ3v) is 5.67. The minimum absolute atomic E-state index is 0.0241. The van der Waals surface area contributed by atoms with Gasteiger partial charge in [0.2, 0.25) is 5.91 Å². The predicted molar refractivity (Wildman–Crippen MR) is 86.9 cm³/mol. The highest BCUT2D eigenvalue weighted by molar-refractivity contribution is 8.01. The van der Waals surface area contributed by atoms with E-state index in [0.29, 0.717) is 0 Å². The number of thioether (sulfide) groups is 1. The van der Waals surface area contributed by atoms with Crippen LogP contribution >= 0.6 is 11.8 Å². The summed E-state index contributed by atoms with van der Waals surface area (Å²) in [6.45, 7) is 2.14. The van der Waals surface area contributed by atoms with Crippen molar-refractivity contribution in [2.75, 3.05) is 4.90 Å². The molecule has 0 saturated heterocycles. The van der Waals surface area contributed by atoms with Crippen LogP contribution in [-0.4, -0.2) is 17.2 Å². The van der Waals surface area contributed by atoms with Crippen LogP contribution in [0, 0.1) is 0 Å². The smallest absolute Gasteiger partial charge is 0.241 e. The van der Waals surface area contributed by atoms with E-state index in [2.05, 4.69) is 43.3 Å². The normalized spacial score (nSPS) is 23.0. The van der Waals surface area contributed by atoms with Gasteiger partial charge in [-0.3, -0.25) is 4.79 Å². The van der Waals surface area contributed by atoms with Crippen molar-refractivity contribution in [1.82, 2.24) is 0 Å². The van der Waals surface area contributed by atoms with Gasteiger partial charge in [0, 0.05) is 16.6 Å². The number of amides is 1. The fourth-order valence-electron chi connectivity index (χ4n) is 3.38. The van der Waals surface area contributed by atoms with Crippen LogP contribution in [0.2, 0.25) is 0 Å². The van der Waals surface area contributed by atoms with Gasteiger partial charge in [-0.15, -0.1) is 11.8 Å². The first-order valence-electron chi connectivity index (χ1n) is 7.39. The molecule has 1 amide bonds. The number of rotatable bonds is 1. The van der Waals surface area contributed by atoms with E-state index in [1.54, 1.807) is 11.8 Å². The maximum atomic E-state index is 13.0. The third-order valence-electron chi connectivity index (χ3n) is 4.37. The van der Waals surface area contributed by atoms with Gasteiger partial charge in [-0.2, -0.15) is 0 Å². The molecule has 0 aromatic heterocycles. The highest BCUT2D eigenvalue weighted by atomic mass is 32.2. The van der Waals surface area contributed by atoms with E-state index in [9.17, 15) is 4.79 Å². The van der Waals surface area contributed by atoms with E-state index in [-0.39, 0.29) is 17.2 Å². The summed E-state index contributed by atoms with van der Waals surface area (Å²) in [5, 5.41) is 0.0241. The highest BCUT2D eigenvalue weighted by Gasteiger charge is 2.37. The Hall–Kier alpha value is -1.74. The zero-order valence-electron chi connectivity index (χ0n) is 12.0. The van der Waals surface area contributed by atoms with Gasteiger partial charge in [0.15, 0.2) is 0 Å². The largest absolute Gasteiger partial charge is 0.308 e. The maximum Gasteiger partial charge on any atom is 0.241 e. The number of carbonyl (C=O) groups is 1. The summed E-state index contributed by atoms with van der Waals surface area (Å²) in [5.74, 6) is 0.258. The van der Waals surface area contributed by atoms with Crippen molar-refractivity contribution >= 4 is 23.4 Å². The molecule has 2 heterocycles. The number of anilines is 1. The summed E-state index contributed by atoms with van der Waals surface area (Å²) in [5.41, 5.74) is 3.70. The first-order chi connectivity index (χ1) is 10.2. The second kappa shape index (κ2) is 4.92.